The molecule has 2 heteroatoms. The quantitative estimate of drug-likeness (QED) is 0.552. The molecule has 1 fully saturated rings. The Balaban J connectivity index is 1.44. The highest BCUT2D eigenvalue weighted by atomic mass is 16.5. The van der Waals surface area contributed by atoms with Crippen molar-refractivity contribution in [2.45, 2.75) is 51.0 Å². The molecule has 0 aromatic carbocycles. The van der Waals surface area contributed by atoms with E-state index in [0.717, 1.165) is 19.1 Å². The van der Waals surface area contributed by atoms with Gasteiger partial charge in [-0.1, -0.05) is 25.0 Å². The average molecular weight is 223 g/mol. The van der Waals surface area contributed by atoms with Gasteiger partial charge < -0.3 is 10.1 Å². The van der Waals surface area contributed by atoms with Gasteiger partial charge in [-0.05, 0) is 44.6 Å². The van der Waals surface area contributed by atoms with E-state index in [1.807, 2.05) is 0 Å². The van der Waals surface area contributed by atoms with Gasteiger partial charge in [0, 0.05) is 6.54 Å². The SMILES string of the molecule is C1=CCC(CNCCOC2CCCC2)CC1. The summed E-state index contributed by atoms with van der Waals surface area (Å²) in [4.78, 5) is 0. The van der Waals surface area contributed by atoms with Crippen LogP contribution in [0.2, 0.25) is 0 Å². The summed E-state index contributed by atoms with van der Waals surface area (Å²) in [7, 11) is 0. The third kappa shape index (κ3) is 4.26. The fraction of sp³-hybridized carbons (Fsp3) is 0.857. The zero-order valence-electron chi connectivity index (χ0n) is 10.3. The Bertz CT molecular complexity index is 209. The number of rotatable bonds is 6. The van der Waals surface area contributed by atoms with Crippen molar-refractivity contribution in [3.05, 3.63) is 12.2 Å². The predicted molar refractivity (Wildman–Crippen MR) is 67.6 cm³/mol. The Morgan fingerprint density at radius 2 is 2.00 bits per heavy atom. The van der Waals surface area contributed by atoms with E-state index in [0.29, 0.717) is 6.10 Å². The van der Waals surface area contributed by atoms with Crippen molar-refractivity contribution in [3.63, 3.8) is 0 Å². The van der Waals surface area contributed by atoms with Gasteiger partial charge in [-0.15, -0.1) is 0 Å². The van der Waals surface area contributed by atoms with Crippen LogP contribution in [0.15, 0.2) is 12.2 Å². The fourth-order valence-electron chi connectivity index (χ4n) is 2.70. The number of hydrogen-bond acceptors (Lipinski definition) is 2. The van der Waals surface area contributed by atoms with Gasteiger partial charge in [0.2, 0.25) is 0 Å². The lowest BCUT2D eigenvalue weighted by Gasteiger charge is -2.18. The number of hydrogen-bond donors (Lipinski definition) is 1. The minimum atomic E-state index is 0.569. The summed E-state index contributed by atoms with van der Waals surface area (Å²) in [6.45, 7) is 3.09. The largest absolute Gasteiger partial charge is 0.377 e. The Morgan fingerprint density at radius 3 is 2.75 bits per heavy atom. The molecule has 2 aliphatic carbocycles. The van der Waals surface area contributed by atoms with Gasteiger partial charge >= 0.3 is 0 Å². The molecule has 2 rings (SSSR count). The van der Waals surface area contributed by atoms with Crippen LogP contribution in [0.5, 0.6) is 0 Å². The molecule has 92 valence electrons. The van der Waals surface area contributed by atoms with Crippen molar-refractivity contribution in [1.29, 1.82) is 0 Å². The monoisotopic (exact) mass is 223 g/mol. The summed E-state index contributed by atoms with van der Waals surface area (Å²) in [6.07, 6.45) is 14.4. The van der Waals surface area contributed by atoms with E-state index in [4.69, 9.17) is 4.74 Å². The molecule has 2 aliphatic rings. The standard InChI is InChI=1S/C14H25NO/c1-2-6-13(7-3-1)12-15-10-11-16-14-8-4-5-9-14/h1-2,13-15H,3-12H2. The van der Waals surface area contributed by atoms with Crippen LogP contribution < -0.4 is 5.32 Å². The molecular formula is C14H25NO. The van der Waals surface area contributed by atoms with Crippen molar-refractivity contribution in [3.8, 4) is 0 Å². The number of ether oxygens (including phenoxy) is 1. The molecule has 1 saturated carbocycles. The first-order valence-electron chi connectivity index (χ1n) is 6.92. The van der Waals surface area contributed by atoms with Crippen LogP contribution in [0.3, 0.4) is 0 Å². The average Bonchev–Trinajstić information content (AvgIpc) is 2.83. The van der Waals surface area contributed by atoms with E-state index in [-0.39, 0.29) is 0 Å². The molecule has 1 N–H and O–H groups in total. The van der Waals surface area contributed by atoms with Gasteiger partial charge in [-0.25, -0.2) is 0 Å². The lowest BCUT2D eigenvalue weighted by Crippen LogP contribution is -2.27. The first-order valence-corrected chi connectivity index (χ1v) is 6.92. The summed E-state index contributed by atoms with van der Waals surface area (Å²) < 4.78 is 5.82. The van der Waals surface area contributed by atoms with E-state index in [1.54, 1.807) is 0 Å². The van der Waals surface area contributed by atoms with Crippen LogP contribution in [0.1, 0.15) is 44.9 Å². The van der Waals surface area contributed by atoms with Gasteiger partial charge in [-0.2, -0.15) is 0 Å². The molecule has 0 spiro atoms. The maximum absolute atomic E-state index is 5.82. The number of allylic oxidation sites excluding steroid dienone is 2. The van der Waals surface area contributed by atoms with Crippen molar-refractivity contribution in [1.82, 2.24) is 5.32 Å². The minimum Gasteiger partial charge on any atom is -0.377 e. The van der Waals surface area contributed by atoms with Gasteiger partial charge in [0.1, 0.15) is 0 Å². The maximum Gasteiger partial charge on any atom is 0.0594 e. The molecule has 1 unspecified atom stereocenters. The molecule has 0 aromatic heterocycles. The predicted octanol–water partition coefficient (Wildman–Crippen LogP) is 2.89. The fourth-order valence-corrected chi connectivity index (χ4v) is 2.70. The molecule has 0 aromatic rings. The molecule has 0 aliphatic heterocycles. The highest BCUT2D eigenvalue weighted by Crippen LogP contribution is 2.20. The van der Waals surface area contributed by atoms with Crippen molar-refractivity contribution in [2.24, 2.45) is 5.92 Å². The van der Waals surface area contributed by atoms with Crippen LogP contribution in [0.25, 0.3) is 0 Å². The van der Waals surface area contributed by atoms with E-state index in [2.05, 4.69) is 17.5 Å². The van der Waals surface area contributed by atoms with Crippen LogP contribution in [0, 0.1) is 5.92 Å². The summed E-state index contributed by atoms with van der Waals surface area (Å²) in [5, 5.41) is 3.52. The summed E-state index contributed by atoms with van der Waals surface area (Å²) in [6, 6.07) is 0. The Labute approximate surface area is 99.4 Å². The molecule has 0 heterocycles. The second-order valence-corrected chi connectivity index (χ2v) is 5.13. The second kappa shape index (κ2) is 7.08. The summed E-state index contributed by atoms with van der Waals surface area (Å²) in [5.41, 5.74) is 0. The molecule has 0 bridgehead atoms. The first kappa shape index (κ1) is 12.1. The first-order chi connectivity index (χ1) is 7.95. The highest BCUT2D eigenvalue weighted by Gasteiger charge is 2.14. The van der Waals surface area contributed by atoms with Crippen LogP contribution >= 0.6 is 0 Å². The number of nitrogens with one attached hydrogen (secondary N) is 1. The highest BCUT2D eigenvalue weighted by molar-refractivity contribution is 4.90. The van der Waals surface area contributed by atoms with Gasteiger partial charge in [0.15, 0.2) is 0 Å². The molecule has 0 saturated heterocycles. The molecular weight excluding hydrogens is 198 g/mol. The lowest BCUT2D eigenvalue weighted by molar-refractivity contribution is 0.0599. The van der Waals surface area contributed by atoms with Crippen LogP contribution in [-0.2, 0) is 4.74 Å². The second-order valence-electron chi connectivity index (χ2n) is 5.13. The van der Waals surface area contributed by atoms with E-state index in [1.165, 1.54) is 51.5 Å². The van der Waals surface area contributed by atoms with Gasteiger partial charge in [0.25, 0.3) is 0 Å². The zero-order chi connectivity index (χ0) is 11.1. The van der Waals surface area contributed by atoms with Crippen molar-refractivity contribution in [2.75, 3.05) is 19.7 Å². The van der Waals surface area contributed by atoms with Crippen molar-refractivity contribution >= 4 is 0 Å². The third-order valence-electron chi connectivity index (χ3n) is 3.75. The molecule has 0 amide bonds. The van der Waals surface area contributed by atoms with E-state index < -0.39 is 0 Å². The van der Waals surface area contributed by atoms with Gasteiger partial charge in [-0.3, -0.25) is 0 Å². The summed E-state index contributed by atoms with van der Waals surface area (Å²) in [5.74, 6) is 0.858. The Morgan fingerprint density at radius 1 is 1.12 bits per heavy atom. The molecule has 1 atom stereocenters. The Kier molecular flexibility index (Phi) is 5.36. The minimum absolute atomic E-state index is 0.569. The molecule has 0 radical (unpaired) electrons. The van der Waals surface area contributed by atoms with Crippen LogP contribution in [0.4, 0.5) is 0 Å². The lowest BCUT2D eigenvalue weighted by atomic mass is 9.94. The van der Waals surface area contributed by atoms with Gasteiger partial charge in [0.05, 0.1) is 12.7 Å². The third-order valence-corrected chi connectivity index (χ3v) is 3.75. The summed E-state index contributed by atoms with van der Waals surface area (Å²) >= 11 is 0. The molecule has 16 heavy (non-hydrogen) atoms. The zero-order valence-corrected chi connectivity index (χ0v) is 10.3. The normalized spacial score (nSPS) is 26.4. The van der Waals surface area contributed by atoms with Crippen LogP contribution in [-0.4, -0.2) is 25.8 Å². The van der Waals surface area contributed by atoms with E-state index in [9.17, 15) is 0 Å². The Hall–Kier alpha value is -0.340. The van der Waals surface area contributed by atoms with Crippen molar-refractivity contribution < 1.29 is 4.74 Å². The molecule has 2 nitrogen and oxygen atoms in total. The topological polar surface area (TPSA) is 21.3 Å². The maximum atomic E-state index is 5.82. The smallest absolute Gasteiger partial charge is 0.0594 e. The van der Waals surface area contributed by atoms with E-state index >= 15 is 0 Å².